The summed E-state index contributed by atoms with van der Waals surface area (Å²) in [5.74, 6) is -2.76. The van der Waals surface area contributed by atoms with E-state index in [1.165, 1.54) is 15.8 Å². The van der Waals surface area contributed by atoms with Gasteiger partial charge in [0.05, 0.1) is 16.6 Å². The molecule has 2 aromatic rings. The lowest BCUT2D eigenvalue weighted by atomic mass is 10.2. The summed E-state index contributed by atoms with van der Waals surface area (Å²) in [6.45, 7) is 4.30. The molecule has 9 heteroatoms. The molecule has 120 valence electrons. The van der Waals surface area contributed by atoms with Gasteiger partial charge in [-0.1, -0.05) is 0 Å². The van der Waals surface area contributed by atoms with Crippen LogP contribution in [0.3, 0.4) is 0 Å². The smallest absolute Gasteiger partial charge is 0.475 e. The number of fused-ring (bicyclic) bond motifs is 1. The fourth-order valence-electron chi connectivity index (χ4n) is 2.04. The van der Waals surface area contributed by atoms with E-state index in [2.05, 4.69) is 26.6 Å². The van der Waals surface area contributed by atoms with E-state index in [1.807, 2.05) is 12.4 Å². The number of thiophene rings is 1. The number of hydrogen-bond acceptors (Lipinski definition) is 5. The van der Waals surface area contributed by atoms with Gasteiger partial charge in [0.1, 0.15) is 0 Å². The summed E-state index contributed by atoms with van der Waals surface area (Å²) >= 11 is 1.76. The molecular weight excluding hydrogens is 319 g/mol. The van der Waals surface area contributed by atoms with E-state index in [0.29, 0.717) is 0 Å². The van der Waals surface area contributed by atoms with E-state index in [9.17, 15) is 13.2 Å². The summed E-state index contributed by atoms with van der Waals surface area (Å²) in [6.07, 6.45) is -1.15. The number of carbonyl (C=O) groups is 1. The highest BCUT2D eigenvalue weighted by atomic mass is 32.1. The molecule has 22 heavy (non-hydrogen) atoms. The normalized spacial score (nSPS) is 15.3. The molecule has 5 nitrogen and oxygen atoms in total. The van der Waals surface area contributed by atoms with Gasteiger partial charge in [0.15, 0.2) is 0 Å². The third kappa shape index (κ3) is 4.08. The number of aromatic nitrogens is 1. The van der Waals surface area contributed by atoms with Gasteiger partial charge >= 0.3 is 12.1 Å². The van der Waals surface area contributed by atoms with Gasteiger partial charge in [0.25, 0.3) is 0 Å². The van der Waals surface area contributed by atoms with Crippen molar-refractivity contribution in [1.29, 1.82) is 0 Å². The second kappa shape index (κ2) is 6.93. The Morgan fingerprint density at radius 1 is 1.32 bits per heavy atom. The summed E-state index contributed by atoms with van der Waals surface area (Å²) in [5, 5.41) is 14.0. The first-order valence-electron chi connectivity index (χ1n) is 6.46. The molecule has 0 saturated carbocycles. The Labute approximate surface area is 128 Å². The number of pyridine rings is 1. The molecule has 0 radical (unpaired) electrons. The predicted molar refractivity (Wildman–Crippen MR) is 78.4 cm³/mol. The highest BCUT2D eigenvalue weighted by Crippen LogP contribution is 2.29. The summed E-state index contributed by atoms with van der Waals surface area (Å²) in [4.78, 5) is 15.6. The zero-order valence-corrected chi connectivity index (χ0v) is 12.2. The molecule has 3 rings (SSSR count). The van der Waals surface area contributed by atoms with Crippen LogP contribution in [0, 0.1) is 0 Å². The SMILES string of the molecule is O=C(O)C(F)(F)F.c1cc2c(N3CCNCC3)cncc2s1. The second-order valence-electron chi connectivity index (χ2n) is 4.53. The van der Waals surface area contributed by atoms with Crippen LogP contribution in [0.2, 0.25) is 0 Å². The summed E-state index contributed by atoms with van der Waals surface area (Å²) < 4.78 is 33.0. The van der Waals surface area contributed by atoms with E-state index in [4.69, 9.17) is 9.90 Å². The Morgan fingerprint density at radius 3 is 2.55 bits per heavy atom. The van der Waals surface area contributed by atoms with Gasteiger partial charge in [-0.05, 0) is 11.4 Å². The molecule has 1 fully saturated rings. The van der Waals surface area contributed by atoms with Crippen LogP contribution in [0.5, 0.6) is 0 Å². The predicted octanol–water partition coefficient (Wildman–Crippen LogP) is 2.34. The van der Waals surface area contributed by atoms with Crippen LogP contribution in [0.15, 0.2) is 23.8 Å². The van der Waals surface area contributed by atoms with Gasteiger partial charge in [-0.25, -0.2) is 4.79 Å². The summed E-state index contributed by atoms with van der Waals surface area (Å²) in [7, 11) is 0. The van der Waals surface area contributed by atoms with Crippen molar-refractivity contribution in [2.75, 3.05) is 31.1 Å². The van der Waals surface area contributed by atoms with Crippen molar-refractivity contribution in [2.24, 2.45) is 0 Å². The quantitative estimate of drug-likeness (QED) is 0.839. The number of nitrogens with one attached hydrogen (secondary N) is 1. The van der Waals surface area contributed by atoms with Crippen LogP contribution in [0.4, 0.5) is 18.9 Å². The molecule has 1 aliphatic heterocycles. The Morgan fingerprint density at radius 2 is 1.95 bits per heavy atom. The first-order chi connectivity index (χ1) is 10.4. The minimum absolute atomic E-state index is 1.07. The summed E-state index contributed by atoms with van der Waals surface area (Å²) in [5.41, 5.74) is 1.29. The number of anilines is 1. The number of rotatable bonds is 1. The standard InChI is InChI=1S/C11H13N3S.C2HF3O2/c1-6-15-11-8-13-7-10(9(1)11)14-4-2-12-3-5-14;3-2(4,5)1(6)7/h1,6-8,12H,2-5H2;(H,6,7). The molecule has 2 N–H and O–H groups in total. The zero-order chi connectivity index (χ0) is 16.2. The van der Waals surface area contributed by atoms with Crippen molar-refractivity contribution in [3.63, 3.8) is 0 Å². The average molecular weight is 333 g/mol. The molecule has 0 atom stereocenters. The number of alkyl halides is 3. The van der Waals surface area contributed by atoms with Crippen LogP contribution >= 0.6 is 11.3 Å². The molecule has 0 aromatic carbocycles. The molecule has 0 bridgehead atoms. The number of piperazine rings is 1. The van der Waals surface area contributed by atoms with Gasteiger partial charge < -0.3 is 15.3 Å². The van der Waals surface area contributed by atoms with E-state index >= 15 is 0 Å². The number of carboxylic acids is 1. The lowest BCUT2D eigenvalue weighted by Gasteiger charge is -2.29. The molecule has 1 saturated heterocycles. The van der Waals surface area contributed by atoms with Crippen LogP contribution in [-0.2, 0) is 4.79 Å². The largest absolute Gasteiger partial charge is 0.490 e. The molecular formula is C13H14F3N3O2S. The molecule has 1 aliphatic rings. The van der Waals surface area contributed by atoms with Crippen LogP contribution in [-0.4, -0.2) is 48.4 Å². The van der Waals surface area contributed by atoms with Gasteiger partial charge in [0.2, 0.25) is 0 Å². The molecule has 0 aliphatic carbocycles. The molecule has 0 amide bonds. The third-order valence-electron chi connectivity index (χ3n) is 3.06. The Balaban J connectivity index is 0.000000217. The second-order valence-corrected chi connectivity index (χ2v) is 5.48. The van der Waals surface area contributed by atoms with Crippen LogP contribution in [0.1, 0.15) is 0 Å². The number of carboxylic acid groups (broad SMARTS) is 1. The molecule has 2 aromatic heterocycles. The topological polar surface area (TPSA) is 65.5 Å². The molecule has 3 heterocycles. The number of aliphatic carboxylic acids is 1. The third-order valence-corrected chi connectivity index (χ3v) is 3.91. The maximum absolute atomic E-state index is 10.6. The zero-order valence-electron chi connectivity index (χ0n) is 11.4. The van der Waals surface area contributed by atoms with Gasteiger partial charge in [-0.2, -0.15) is 13.2 Å². The lowest BCUT2D eigenvalue weighted by molar-refractivity contribution is -0.192. The fourth-order valence-corrected chi connectivity index (χ4v) is 2.81. The van der Waals surface area contributed by atoms with Crippen LogP contribution < -0.4 is 10.2 Å². The van der Waals surface area contributed by atoms with Crippen molar-refractivity contribution >= 4 is 33.1 Å². The summed E-state index contributed by atoms with van der Waals surface area (Å²) in [6, 6.07) is 2.19. The van der Waals surface area contributed by atoms with Gasteiger partial charge in [-0.15, -0.1) is 11.3 Å². The van der Waals surface area contributed by atoms with Crippen molar-refractivity contribution in [2.45, 2.75) is 6.18 Å². The van der Waals surface area contributed by atoms with Crippen LogP contribution in [0.25, 0.3) is 10.1 Å². The maximum Gasteiger partial charge on any atom is 0.490 e. The average Bonchev–Trinajstić information content (AvgIpc) is 2.96. The molecule has 0 spiro atoms. The fraction of sp³-hybridized carbons (Fsp3) is 0.385. The number of hydrogen-bond donors (Lipinski definition) is 2. The Bertz CT molecular complexity index is 639. The molecule has 0 unspecified atom stereocenters. The van der Waals surface area contributed by atoms with Crippen molar-refractivity contribution in [3.05, 3.63) is 23.8 Å². The van der Waals surface area contributed by atoms with E-state index < -0.39 is 12.1 Å². The maximum atomic E-state index is 10.6. The highest BCUT2D eigenvalue weighted by Gasteiger charge is 2.38. The van der Waals surface area contributed by atoms with E-state index in [1.54, 1.807) is 11.3 Å². The van der Waals surface area contributed by atoms with Crippen molar-refractivity contribution < 1.29 is 23.1 Å². The van der Waals surface area contributed by atoms with Crippen molar-refractivity contribution in [1.82, 2.24) is 10.3 Å². The van der Waals surface area contributed by atoms with Gasteiger partial charge in [-0.3, -0.25) is 4.98 Å². The Kier molecular flexibility index (Phi) is 5.19. The minimum atomic E-state index is -5.08. The monoisotopic (exact) mass is 333 g/mol. The highest BCUT2D eigenvalue weighted by molar-refractivity contribution is 7.17. The van der Waals surface area contributed by atoms with E-state index in [-0.39, 0.29) is 0 Å². The number of nitrogens with zero attached hydrogens (tertiary/aromatic N) is 2. The van der Waals surface area contributed by atoms with Gasteiger partial charge in [0, 0.05) is 37.8 Å². The first kappa shape index (κ1) is 16.5. The van der Waals surface area contributed by atoms with Crippen molar-refractivity contribution in [3.8, 4) is 0 Å². The number of halogens is 3. The lowest BCUT2D eigenvalue weighted by Crippen LogP contribution is -2.43. The minimum Gasteiger partial charge on any atom is -0.475 e. The van der Waals surface area contributed by atoms with E-state index in [0.717, 1.165) is 26.2 Å². The Hall–Kier alpha value is -1.87. The first-order valence-corrected chi connectivity index (χ1v) is 7.34.